The third-order valence-corrected chi connectivity index (χ3v) is 6.09. The third-order valence-electron chi connectivity index (χ3n) is 6.09. The first-order chi connectivity index (χ1) is 16.4. The Balaban J connectivity index is 1.36. The fourth-order valence-corrected chi connectivity index (χ4v) is 4.21. The summed E-state index contributed by atoms with van der Waals surface area (Å²) in [5, 5.41) is 12.2. The number of carbonyl (C=O) groups excluding carboxylic acids is 2. The second kappa shape index (κ2) is 10.9. The van der Waals surface area contributed by atoms with Gasteiger partial charge < -0.3 is 19.5 Å². The molecule has 0 radical (unpaired) electrons. The molecule has 0 aromatic heterocycles. The van der Waals surface area contributed by atoms with Crippen LogP contribution in [0.5, 0.6) is 0 Å². The van der Waals surface area contributed by atoms with Crippen LogP contribution in [-0.4, -0.2) is 67.5 Å². The van der Waals surface area contributed by atoms with E-state index < -0.39 is 18.0 Å². The predicted molar refractivity (Wildman–Crippen MR) is 125 cm³/mol. The number of nitrogens with zero attached hydrogens (tertiary/aromatic N) is 3. The summed E-state index contributed by atoms with van der Waals surface area (Å²) in [6.45, 7) is 3.99. The Labute approximate surface area is 198 Å². The lowest BCUT2D eigenvalue weighted by Crippen LogP contribution is -2.33. The first-order valence-corrected chi connectivity index (χ1v) is 11.5. The van der Waals surface area contributed by atoms with E-state index in [4.69, 9.17) is 9.57 Å². The van der Waals surface area contributed by atoms with Gasteiger partial charge >= 0.3 is 6.09 Å². The smallest absolute Gasteiger partial charge is 0.414 e. The molecule has 0 bridgehead atoms. The molecule has 0 aliphatic carbocycles. The Hall–Kier alpha value is -3.01. The molecule has 2 saturated heterocycles. The molecule has 9 heteroatoms. The standard InChI is InChI=1S/C25H30FN3O5/c1-18(30)7-9-21-16-29(25(32)34-21)20-8-10-23(22(26)15-20)27-11-12-28(33-14-13-27)17-24(31)19-5-3-2-4-6-19/h2-6,8,10,15,21,24,31H,7,9,11-14,16-17H2,1H3/t21-,24?/m0/s1. The zero-order valence-corrected chi connectivity index (χ0v) is 19.2. The number of β-amino-alcohol motifs (C(OH)–C–C–N with tert-alkyl or cyclic N) is 1. The molecular weight excluding hydrogens is 441 g/mol. The minimum absolute atomic E-state index is 0.0412. The summed E-state index contributed by atoms with van der Waals surface area (Å²) < 4.78 is 20.4. The second-order valence-electron chi connectivity index (χ2n) is 8.63. The normalized spacial score (nSPS) is 20.2. The number of anilines is 2. The first-order valence-electron chi connectivity index (χ1n) is 11.5. The lowest BCUT2D eigenvalue weighted by atomic mass is 10.1. The highest BCUT2D eigenvalue weighted by molar-refractivity contribution is 5.90. The predicted octanol–water partition coefficient (Wildman–Crippen LogP) is 3.31. The van der Waals surface area contributed by atoms with E-state index in [-0.39, 0.29) is 11.9 Å². The Morgan fingerprint density at radius 1 is 1.18 bits per heavy atom. The van der Waals surface area contributed by atoms with Gasteiger partial charge in [0.25, 0.3) is 0 Å². The van der Waals surface area contributed by atoms with Crippen molar-refractivity contribution in [2.24, 2.45) is 0 Å². The van der Waals surface area contributed by atoms with Crippen molar-refractivity contribution in [3.8, 4) is 0 Å². The summed E-state index contributed by atoms with van der Waals surface area (Å²) >= 11 is 0. The SMILES string of the molecule is CC(=O)CC[C@H]1CN(c2ccc(N3CCON(CC(O)c4ccccc4)CC3)c(F)c2)C(=O)O1. The molecule has 4 rings (SSSR count). The maximum absolute atomic E-state index is 15.1. The van der Waals surface area contributed by atoms with Gasteiger partial charge in [-0.1, -0.05) is 30.3 Å². The van der Waals surface area contributed by atoms with E-state index in [1.165, 1.54) is 17.9 Å². The van der Waals surface area contributed by atoms with Crippen molar-refractivity contribution in [2.45, 2.75) is 32.0 Å². The van der Waals surface area contributed by atoms with Crippen LogP contribution < -0.4 is 9.80 Å². The Morgan fingerprint density at radius 2 is 1.97 bits per heavy atom. The summed E-state index contributed by atoms with van der Waals surface area (Å²) in [5.74, 6) is -0.394. The molecule has 2 atom stereocenters. The van der Waals surface area contributed by atoms with Crippen molar-refractivity contribution >= 4 is 23.3 Å². The highest BCUT2D eigenvalue weighted by Gasteiger charge is 2.33. The number of ketones is 1. The van der Waals surface area contributed by atoms with E-state index in [1.807, 2.05) is 35.2 Å². The molecule has 2 aromatic carbocycles. The summed E-state index contributed by atoms with van der Waals surface area (Å²) in [4.78, 5) is 32.5. The number of hydroxylamine groups is 2. The zero-order chi connectivity index (χ0) is 24.1. The van der Waals surface area contributed by atoms with Crippen LogP contribution in [0.1, 0.15) is 31.4 Å². The number of rotatable bonds is 8. The molecule has 1 N–H and O–H groups in total. The van der Waals surface area contributed by atoms with Gasteiger partial charge in [0.2, 0.25) is 0 Å². The number of hydrogen-bond donors (Lipinski definition) is 1. The largest absolute Gasteiger partial charge is 0.444 e. The number of cyclic esters (lactones) is 1. The Bertz CT molecular complexity index is 1010. The number of halogens is 1. The third kappa shape index (κ3) is 5.91. The zero-order valence-electron chi connectivity index (χ0n) is 19.2. The average Bonchev–Trinajstić information content (AvgIpc) is 3.05. The maximum Gasteiger partial charge on any atom is 0.414 e. The minimum Gasteiger partial charge on any atom is -0.444 e. The molecule has 1 unspecified atom stereocenters. The van der Waals surface area contributed by atoms with Gasteiger partial charge in [-0.25, -0.2) is 9.18 Å². The molecule has 0 spiro atoms. The number of aliphatic hydroxyl groups is 1. The van der Waals surface area contributed by atoms with Gasteiger partial charge in [-0.3, -0.25) is 9.74 Å². The van der Waals surface area contributed by atoms with Crippen LogP contribution >= 0.6 is 0 Å². The first kappa shape index (κ1) is 24.1. The van der Waals surface area contributed by atoms with E-state index in [0.717, 1.165) is 5.56 Å². The van der Waals surface area contributed by atoms with Crippen molar-refractivity contribution in [1.29, 1.82) is 0 Å². The highest BCUT2D eigenvalue weighted by atomic mass is 19.1. The molecule has 182 valence electrons. The number of hydrogen-bond acceptors (Lipinski definition) is 7. The molecular formula is C25H30FN3O5. The van der Waals surface area contributed by atoms with Gasteiger partial charge in [0, 0.05) is 26.1 Å². The fraction of sp³-hybridized carbons (Fsp3) is 0.440. The summed E-state index contributed by atoms with van der Waals surface area (Å²) in [6, 6.07) is 14.1. The molecule has 8 nitrogen and oxygen atoms in total. The van der Waals surface area contributed by atoms with Crippen LogP contribution in [0.3, 0.4) is 0 Å². The quantitative estimate of drug-likeness (QED) is 0.633. The number of ether oxygens (including phenoxy) is 1. The van der Waals surface area contributed by atoms with Crippen molar-refractivity contribution in [1.82, 2.24) is 5.06 Å². The Morgan fingerprint density at radius 3 is 2.71 bits per heavy atom. The van der Waals surface area contributed by atoms with E-state index in [2.05, 4.69) is 0 Å². The summed E-state index contributed by atoms with van der Waals surface area (Å²) in [5.41, 5.74) is 1.67. The van der Waals surface area contributed by atoms with Gasteiger partial charge in [-0.05, 0) is 37.1 Å². The van der Waals surface area contributed by atoms with E-state index in [0.29, 0.717) is 63.5 Å². The highest BCUT2D eigenvalue weighted by Crippen LogP contribution is 2.29. The van der Waals surface area contributed by atoms with Crippen LogP contribution in [0.2, 0.25) is 0 Å². The second-order valence-corrected chi connectivity index (χ2v) is 8.63. The Kier molecular flexibility index (Phi) is 7.77. The van der Waals surface area contributed by atoms with Crippen LogP contribution in [0.15, 0.2) is 48.5 Å². The molecule has 2 fully saturated rings. The lowest BCUT2D eigenvalue weighted by Gasteiger charge is -2.24. The molecule has 0 saturated carbocycles. The van der Waals surface area contributed by atoms with Gasteiger partial charge in [-0.15, -0.1) is 0 Å². The van der Waals surface area contributed by atoms with Crippen LogP contribution in [-0.2, 0) is 14.4 Å². The average molecular weight is 472 g/mol. The minimum atomic E-state index is -0.678. The van der Waals surface area contributed by atoms with E-state index >= 15 is 4.39 Å². The molecule has 2 heterocycles. The van der Waals surface area contributed by atoms with E-state index in [1.54, 1.807) is 17.2 Å². The van der Waals surface area contributed by atoms with Crippen LogP contribution in [0.25, 0.3) is 0 Å². The maximum atomic E-state index is 15.1. The van der Waals surface area contributed by atoms with Crippen LogP contribution in [0.4, 0.5) is 20.6 Å². The molecule has 34 heavy (non-hydrogen) atoms. The molecule has 1 amide bonds. The number of amides is 1. The molecule has 2 aliphatic rings. The van der Waals surface area contributed by atoms with Crippen molar-refractivity contribution < 1.29 is 28.7 Å². The van der Waals surface area contributed by atoms with Gasteiger partial charge in [0.1, 0.15) is 17.7 Å². The number of aliphatic hydroxyl groups excluding tert-OH is 1. The van der Waals surface area contributed by atoms with Crippen molar-refractivity contribution in [3.63, 3.8) is 0 Å². The van der Waals surface area contributed by atoms with Crippen LogP contribution in [0, 0.1) is 5.82 Å². The van der Waals surface area contributed by atoms with E-state index in [9.17, 15) is 14.7 Å². The summed E-state index contributed by atoms with van der Waals surface area (Å²) in [6.07, 6.45) is -0.782. The monoisotopic (exact) mass is 471 g/mol. The number of Topliss-reactive ketones (excluding diaryl/α,β-unsaturated/α-hetero) is 1. The number of carbonyl (C=O) groups is 2. The topological polar surface area (TPSA) is 82.5 Å². The van der Waals surface area contributed by atoms with Gasteiger partial charge in [0.05, 0.1) is 37.2 Å². The fourth-order valence-electron chi connectivity index (χ4n) is 4.21. The lowest BCUT2D eigenvalue weighted by molar-refractivity contribution is -0.163. The molecule has 2 aliphatic heterocycles. The van der Waals surface area contributed by atoms with Gasteiger partial charge in [-0.2, -0.15) is 5.06 Å². The molecule has 2 aromatic rings. The number of benzene rings is 2. The van der Waals surface area contributed by atoms with Crippen molar-refractivity contribution in [3.05, 3.63) is 59.9 Å². The summed E-state index contributed by atoms with van der Waals surface area (Å²) in [7, 11) is 0. The van der Waals surface area contributed by atoms with Gasteiger partial charge in [0.15, 0.2) is 0 Å². The van der Waals surface area contributed by atoms with Crippen molar-refractivity contribution in [2.75, 3.05) is 49.1 Å².